The second kappa shape index (κ2) is 5.57. The number of nitrogens with one attached hydrogen (secondary N) is 1. The minimum absolute atomic E-state index is 0.0434. The lowest BCUT2D eigenvalue weighted by Crippen LogP contribution is -2.21. The topological polar surface area (TPSA) is 92.5 Å². The van der Waals surface area contributed by atoms with Crippen LogP contribution in [0.1, 0.15) is 9.67 Å². The van der Waals surface area contributed by atoms with Gasteiger partial charge in [-0.2, -0.15) is 0 Å². The molecule has 102 valence electrons. The van der Waals surface area contributed by atoms with Gasteiger partial charge in [0.05, 0.1) is 16.4 Å². The van der Waals surface area contributed by atoms with E-state index in [1.807, 2.05) is 0 Å². The van der Waals surface area contributed by atoms with Crippen LogP contribution in [-0.2, 0) is 9.84 Å². The summed E-state index contributed by atoms with van der Waals surface area (Å²) in [7, 11) is 0.310. The fourth-order valence-electron chi connectivity index (χ4n) is 1.22. The largest absolute Gasteiger partial charge is 0.397 e. The van der Waals surface area contributed by atoms with E-state index in [4.69, 9.17) is 5.73 Å². The third kappa shape index (κ3) is 4.19. The SMILES string of the molecule is CN(C)C(=O)c1sc(NCCS(C)(=O)=O)cc1N. The smallest absolute Gasteiger partial charge is 0.265 e. The Morgan fingerprint density at radius 1 is 1.50 bits per heavy atom. The molecule has 0 radical (unpaired) electrons. The van der Waals surface area contributed by atoms with E-state index in [0.717, 1.165) is 0 Å². The fourth-order valence-corrected chi connectivity index (χ4v) is 2.72. The minimum Gasteiger partial charge on any atom is -0.397 e. The number of thiophene rings is 1. The van der Waals surface area contributed by atoms with Gasteiger partial charge in [-0.3, -0.25) is 4.79 Å². The molecule has 6 nitrogen and oxygen atoms in total. The van der Waals surface area contributed by atoms with Gasteiger partial charge >= 0.3 is 0 Å². The summed E-state index contributed by atoms with van der Waals surface area (Å²) in [6, 6.07) is 1.64. The van der Waals surface area contributed by atoms with E-state index in [1.165, 1.54) is 22.5 Å². The molecule has 0 atom stereocenters. The number of amides is 1. The van der Waals surface area contributed by atoms with E-state index in [9.17, 15) is 13.2 Å². The zero-order valence-corrected chi connectivity index (χ0v) is 12.2. The third-order valence-corrected chi connectivity index (χ3v) is 4.18. The third-order valence-electron chi connectivity index (χ3n) is 2.13. The highest BCUT2D eigenvalue weighted by Gasteiger charge is 2.16. The van der Waals surface area contributed by atoms with Crippen molar-refractivity contribution in [2.24, 2.45) is 0 Å². The second-order valence-electron chi connectivity index (χ2n) is 4.15. The number of hydrogen-bond acceptors (Lipinski definition) is 6. The maximum atomic E-state index is 11.7. The first kappa shape index (κ1) is 14.8. The van der Waals surface area contributed by atoms with Gasteiger partial charge < -0.3 is 16.0 Å². The molecule has 3 N–H and O–H groups in total. The first-order valence-electron chi connectivity index (χ1n) is 5.23. The quantitative estimate of drug-likeness (QED) is 0.823. The van der Waals surface area contributed by atoms with Crippen molar-refractivity contribution in [2.75, 3.05) is 43.7 Å². The lowest BCUT2D eigenvalue weighted by Gasteiger charge is -2.08. The van der Waals surface area contributed by atoms with Crippen molar-refractivity contribution < 1.29 is 13.2 Å². The van der Waals surface area contributed by atoms with Gasteiger partial charge in [0.1, 0.15) is 14.7 Å². The number of rotatable bonds is 5. The van der Waals surface area contributed by atoms with Gasteiger partial charge in [-0.25, -0.2) is 8.42 Å². The number of nitrogens with zero attached hydrogens (tertiary/aromatic N) is 1. The Morgan fingerprint density at radius 3 is 2.61 bits per heavy atom. The van der Waals surface area contributed by atoms with Crippen LogP contribution in [0.4, 0.5) is 10.7 Å². The molecule has 1 rings (SSSR count). The molecule has 0 aliphatic rings. The van der Waals surface area contributed by atoms with E-state index in [0.29, 0.717) is 22.1 Å². The van der Waals surface area contributed by atoms with Crippen molar-refractivity contribution in [3.8, 4) is 0 Å². The maximum Gasteiger partial charge on any atom is 0.265 e. The van der Waals surface area contributed by atoms with Gasteiger partial charge in [-0.1, -0.05) is 0 Å². The zero-order chi connectivity index (χ0) is 13.9. The summed E-state index contributed by atoms with van der Waals surface area (Å²) in [5, 5.41) is 3.64. The number of carbonyl (C=O) groups is 1. The first-order chi connectivity index (χ1) is 8.20. The maximum absolute atomic E-state index is 11.7. The Hall–Kier alpha value is -1.28. The van der Waals surface area contributed by atoms with E-state index < -0.39 is 9.84 Å². The zero-order valence-electron chi connectivity index (χ0n) is 10.6. The van der Waals surface area contributed by atoms with Crippen LogP contribution in [-0.4, -0.2) is 51.9 Å². The number of nitrogen functional groups attached to an aromatic ring is 1. The van der Waals surface area contributed by atoms with Gasteiger partial charge in [0, 0.05) is 26.9 Å². The molecule has 0 bridgehead atoms. The van der Waals surface area contributed by atoms with Crippen molar-refractivity contribution >= 4 is 37.8 Å². The summed E-state index contributed by atoms with van der Waals surface area (Å²) in [4.78, 5) is 13.7. The van der Waals surface area contributed by atoms with Gasteiger partial charge in [0.2, 0.25) is 0 Å². The summed E-state index contributed by atoms with van der Waals surface area (Å²) in [6.07, 6.45) is 1.18. The highest BCUT2D eigenvalue weighted by Crippen LogP contribution is 2.29. The molecular formula is C10H17N3O3S2. The second-order valence-corrected chi connectivity index (χ2v) is 7.46. The number of carbonyl (C=O) groups excluding carboxylic acids is 1. The van der Waals surface area contributed by atoms with Crippen molar-refractivity contribution in [2.45, 2.75) is 0 Å². The monoisotopic (exact) mass is 291 g/mol. The Kier molecular flexibility index (Phi) is 4.58. The molecule has 1 aromatic rings. The van der Waals surface area contributed by atoms with Crippen LogP contribution in [0.15, 0.2) is 6.07 Å². The van der Waals surface area contributed by atoms with Crippen molar-refractivity contribution in [3.05, 3.63) is 10.9 Å². The average Bonchev–Trinajstić information content (AvgIpc) is 2.56. The highest BCUT2D eigenvalue weighted by molar-refractivity contribution is 7.90. The predicted octanol–water partition coefficient (Wildman–Crippen LogP) is 0.489. The molecule has 0 spiro atoms. The lowest BCUT2D eigenvalue weighted by atomic mass is 10.3. The van der Waals surface area contributed by atoms with Crippen LogP contribution < -0.4 is 11.1 Å². The van der Waals surface area contributed by atoms with E-state index in [2.05, 4.69) is 5.32 Å². The van der Waals surface area contributed by atoms with Gasteiger partial charge in [0.15, 0.2) is 0 Å². The number of anilines is 2. The Bertz CT molecular complexity index is 535. The van der Waals surface area contributed by atoms with Gasteiger partial charge in [-0.05, 0) is 6.07 Å². The summed E-state index contributed by atoms with van der Waals surface area (Å²) >= 11 is 1.22. The van der Waals surface area contributed by atoms with Crippen molar-refractivity contribution in [1.29, 1.82) is 0 Å². The standard InChI is InChI=1S/C10H17N3O3S2/c1-13(2)10(14)9-7(11)6-8(17-9)12-4-5-18(3,15)16/h6,12H,4-5,11H2,1-3H3. The number of nitrogens with two attached hydrogens (primary N) is 1. The Balaban J connectivity index is 2.70. The van der Waals surface area contributed by atoms with Crippen molar-refractivity contribution in [1.82, 2.24) is 4.90 Å². The summed E-state index contributed by atoms with van der Waals surface area (Å²) in [5.41, 5.74) is 6.15. The minimum atomic E-state index is -2.99. The summed E-state index contributed by atoms with van der Waals surface area (Å²) in [6.45, 7) is 0.300. The molecule has 0 saturated heterocycles. The molecular weight excluding hydrogens is 274 g/mol. The van der Waals surface area contributed by atoms with Gasteiger partial charge in [0.25, 0.3) is 5.91 Å². The van der Waals surface area contributed by atoms with Crippen LogP contribution in [0.5, 0.6) is 0 Å². The van der Waals surface area contributed by atoms with Crippen molar-refractivity contribution in [3.63, 3.8) is 0 Å². The lowest BCUT2D eigenvalue weighted by molar-refractivity contribution is 0.0833. The molecule has 0 aromatic carbocycles. The van der Waals surface area contributed by atoms with Gasteiger partial charge in [-0.15, -0.1) is 11.3 Å². The number of hydrogen-bond donors (Lipinski definition) is 2. The molecule has 0 unspecified atom stereocenters. The predicted molar refractivity (Wildman–Crippen MR) is 74.9 cm³/mol. The first-order valence-corrected chi connectivity index (χ1v) is 8.11. The Morgan fingerprint density at radius 2 is 2.11 bits per heavy atom. The molecule has 8 heteroatoms. The average molecular weight is 291 g/mol. The van der Waals surface area contributed by atoms with Crippen LogP contribution >= 0.6 is 11.3 Å². The van der Waals surface area contributed by atoms with E-state index in [-0.39, 0.29) is 11.7 Å². The molecule has 0 fully saturated rings. The molecule has 18 heavy (non-hydrogen) atoms. The highest BCUT2D eigenvalue weighted by atomic mass is 32.2. The molecule has 1 heterocycles. The Labute approximate surface area is 111 Å². The fraction of sp³-hybridized carbons (Fsp3) is 0.500. The molecule has 0 saturated carbocycles. The number of sulfone groups is 1. The normalized spacial score (nSPS) is 11.3. The van der Waals surface area contributed by atoms with E-state index in [1.54, 1.807) is 20.2 Å². The molecule has 0 aliphatic carbocycles. The van der Waals surface area contributed by atoms with Crippen LogP contribution in [0, 0.1) is 0 Å². The van der Waals surface area contributed by atoms with Crippen LogP contribution in [0.25, 0.3) is 0 Å². The molecule has 1 amide bonds. The summed E-state index contributed by atoms with van der Waals surface area (Å²) in [5.74, 6) is -0.115. The summed E-state index contributed by atoms with van der Waals surface area (Å²) < 4.78 is 21.9. The van der Waals surface area contributed by atoms with E-state index >= 15 is 0 Å². The molecule has 1 aromatic heterocycles. The van der Waals surface area contributed by atoms with Crippen LogP contribution in [0.3, 0.4) is 0 Å². The molecule has 0 aliphatic heterocycles. The van der Waals surface area contributed by atoms with Crippen LogP contribution in [0.2, 0.25) is 0 Å².